The summed E-state index contributed by atoms with van der Waals surface area (Å²) in [6.07, 6.45) is 9.31. The van der Waals surface area contributed by atoms with Crippen molar-refractivity contribution in [2.24, 2.45) is 28.6 Å². The smallest absolute Gasteiger partial charge is 0.162 e. The minimum Gasteiger partial charge on any atom is -0.507 e. The summed E-state index contributed by atoms with van der Waals surface area (Å²) in [4.78, 5) is 32.5. The molecule has 288 valence electrons. The number of carbonyl (C=O) groups is 2. The van der Waals surface area contributed by atoms with Gasteiger partial charge in [-0.05, 0) is 117 Å². The Morgan fingerprint density at radius 2 is 1.67 bits per heavy atom. The highest BCUT2D eigenvalue weighted by atomic mass is 35.5. The molecule has 1 aliphatic carbocycles. The first-order valence-electron chi connectivity index (χ1n) is 19.9. The fourth-order valence-electron chi connectivity index (χ4n) is 10.2. The van der Waals surface area contributed by atoms with E-state index in [0.717, 1.165) is 115 Å². The lowest BCUT2D eigenvalue weighted by molar-refractivity contribution is -0.0843. The first kappa shape index (κ1) is 40.5. The predicted molar refractivity (Wildman–Crippen MR) is 219 cm³/mol. The number of rotatable bonds is 12. The fraction of sp³-hybridized carbons (Fsp3) is 0.511. The van der Waals surface area contributed by atoms with Crippen LogP contribution in [0.1, 0.15) is 110 Å². The van der Waals surface area contributed by atoms with E-state index >= 15 is 0 Å². The summed E-state index contributed by atoms with van der Waals surface area (Å²) in [6, 6.07) is 14.2. The van der Waals surface area contributed by atoms with Gasteiger partial charge in [0.1, 0.15) is 23.3 Å². The number of carbonyl (C=O) groups excluding carboxylic acids is 2. The number of pyridine rings is 1. The molecule has 0 spiro atoms. The lowest BCUT2D eigenvalue weighted by atomic mass is 9.29. The topological polar surface area (TPSA) is 97.5 Å². The van der Waals surface area contributed by atoms with Crippen LogP contribution in [0, 0.1) is 57.6 Å². The number of aromatic hydroxyl groups is 1. The zero-order valence-electron chi connectivity index (χ0n) is 32.7. The molecule has 0 amide bonds. The molecule has 1 saturated carbocycles. The molecule has 0 atom stereocenters. The largest absolute Gasteiger partial charge is 0.507 e. The van der Waals surface area contributed by atoms with E-state index in [9.17, 15) is 24.3 Å². The van der Waals surface area contributed by atoms with Crippen molar-refractivity contribution in [2.75, 3.05) is 37.6 Å². The number of aryl methyl sites for hydroxylation is 1. The van der Waals surface area contributed by atoms with Gasteiger partial charge in [-0.1, -0.05) is 69.0 Å². The number of hydrogen-bond acceptors (Lipinski definition) is 7. The molecular formula is C45H53BClFN4O3. The number of anilines is 1. The number of likely N-dealkylation sites (tertiary alicyclic amines) is 1. The molecule has 6 rings (SSSR count). The first-order valence-corrected chi connectivity index (χ1v) is 20.3. The second-order valence-corrected chi connectivity index (χ2v) is 17.6. The molecule has 7 nitrogen and oxygen atoms in total. The van der Waals surface area contributed by atoms with Gasteiger partial charge < -0.3 is 14.9 Å². The van der Waals surface area contributed by atoms with E-state index in [4.69, 9.17) is 16.6 Å². The molecule has 2 aromatic carbocycles. The third-order valence-corrected chi connectivity index (χ3v) is 13.5. The number of piperidine rings is 2. The summed E-state index contributed by atoms with van der Waals surface area (Å²) < 4.78 is 14.5. The molecule has 3 aromatic rings. The van der Waals surface area contributed by atoms with E-state index in [1.807, 2.05) is 35.2 Å². The van der Waals surface area contributed by atoms with Crippen LogP contribution in [0.15, 0.2) is 42.5 Å². The molecule has 2 aliphatic heterocycles. The van der Waals surface area contributed by atoms with E-state index in [1.54, 1.807) is 0 Å². The van der Waals surface area contributed by atoms with Gasteiger partial charge in [0.2, 0.25) is 0 Å². The van der Waals surface area contributed by atoms with Gasteiger partial charge in [0.15, 0.2) is 19.9 Å². The molecule has 55 heavy (non-hydrogen) atoms. The molecule has 1 aromatic heterocycles. The molecule has 1 N–H and O–H groups in total. The van der Waals surface area contributed by atoms with Crippen molar-refractivity contribution in [3.05, 3.63) is 81.4 Å². The Kier molecular flexibility index (Phi) is 12.7. The van der Waals surface area contributed by atoms with Gasteiger partial charge in [0.05, 0.1) is 27.5 Å². The highest BCUT2D eigenvalue weighted by molar-refractivity contribution is 6.56. The Labute approximate surface area is 331 Å². The molecule has 0 radical (unpaired) electrons. The highest BCUT2D eigenvalue weighted by Crippen LogP contribution is 2.68. The van der Waals surface area contributed by atoms with Crippen LogP contribution in [0.3, 0.4) is 0 Å². The Balaban J connectivity index is 0.946. The van der Waals surface area contributed by atoms with Crippen molar-refractivity contribution in [1.82, 2.24) is 9.88 Å². The summed E-state index contributed by atoms with van der Waals surface area (Å²) in [6.45, 7) is 14.0. The van der Waals surface area contributed by atoms with Crippen molar-refractivity contribution in [2.45, 2.75) is 84.9 Å². The van der Waals surface area contributed by atoms with E-state index in [0.29, 0.717) is 51.7 Å². The Morgan fingerprint density at radius 1 is 0.964 bits per heavy atom. The first-order chi connectivity index (χ1) is 26.3. The molecular weight excluding hydrogens is 710 g/mol. The average molecular weight is 763 g/mol. The van der Waals surface area contributed by atoms with Gasteiger partial charge in [-0.15, -0.1) is 0 Å². The van der Waals surface area contributed by atoms with Crippen molar-refractivity contribution < 1.29 is 19.1 Å². The molecule has 3 heterocycles. The predicted octanol–water partition coefficient (Wildman–Crippen LogP) is 8.00. The maximum atomic E-state index is 14.5. The SMILES string of the molecule is CC1(C)C(Bc2ccc(C#N)c(Cl)c2)C(C)(C)C1CCCCc1nc(C#CC2CCN(CC3CCN(c4cc(C=O)c(O)cc4F)CC3)CC2)ccc1C=O. The van der Waals surface area contributed by atoms with Crippen LogP contribution in [0.4, 0.5) is 10.1 Å². The van der Waals surface area contributed by atoms with Crippen molar-refractivity contribution in [1.29, 1.82) is 5.26 Å². The number of nitrogens with zero attached hydrogens (tertiary/aromatic N) is 4. The van der Waals surface area contributed by atoms with Crippen molar-refractivity contribution >= 4 is 42.6 Å². The third kappa shape index (κ3) is 9.11. The van der Waals surface area contributed by atoms with Crippen LogP contribution in [0.5, 0.6) is 5.75 Å². The number of unbranched alkanes of at least 4 members (excludes halogenated alkanes) is 1. The van der Waals surface area contributed by atoms with Gasteiger partial charge in [-0.2, -0.15) is 5.26 Å². The minimum atomic E-state index is -0.497. The van der Waals surface area contributed by atoms with Crippen LogP contribution >= 0.6 is 11.6 Å². The van der Waals surface area contributed by atoms with Gasteiger partial charge in [-0.25, -0.2) is 9.37 Å². The minimum absolute atomic E-state index is 0.113. The van der Waals surface area contributed by atoms with Crippen LogP contribution in [-0.4, -0.2) is 67.6 Å². The maximum absolute atomic E-state index is 14.5. The van der Waals surface area contributed by atoms with E-state index in [2.05, 4.69) is 50.5 Å². The van der Waals surface area contributed by atoms with Gasteiger partial charge >= 0.3 is 0 Å². The normalized spacial score (nSPS) is 21.1. The molecule has 10 heteroatoms. The highest BCUT2D eigenvalue weighted by Gasteiger charge is 2.60. The third-order valence-electron chi connectivity index (χ3n) is 13.2. The average Bonchev–Trinajstić information content (AvgIpc) is 3.17. The number of aldehydes is 2. The zero-order valence-corrected chi connectivity index (χ0v) is 33.5. The zero-order chi connectivity index (χ0) is 39.3. The van der Waals surface area contributed by atoms with Gasteiger partial charge in [0.25, 0.3) is 0 Å². The number of benzene rings is 2. The number of hydrogen-bond donors (Lipinski definition) is 1. The fourth-order valence-corrected chi connectivity index (χ4v) is 10.4. The van der Waals surface area contributed by atoms with Crippen LogP contribution in [-0.2, 0) is 6.42 Å². The van der Waals surface area contributed by atoms with E-state index < -0.39 is 5.82 Å². The Morgan fingerprint density at radius 3 is 2.33 bits per heavy atom. The van der Waals surface area contributed by atoms with Crippen LogP contribution in [0.2, 0.25) is 10.8 Å². The van der Waals surface area contributed by atoms with Crippen molar-refractivity contribution in [3.63, 3.8) is 0 Å². The summed E-state index contributed by atoms with van der Waals surface area (Å²) >= 11 is 6.35. The lowest BCUT2D eigenvalue weighted by Gasteiger charge is -2.65. The number of phenols is 1. The summed E-state index contributed by atoms with van der Waals surface area (Å²) in [7, 11) is 0.945. The summed E-state index contributed by atoms with van der Waals surface area (Å²) in [5.74, 6) is 7.92. The number of aromatic nitrogens is 1. The van der Waals surface area contributed by atoms with E-state index in [1.165, 1.54) is 11.5 Å². The second kappa shape index (κ2) is 17.3. The molecule has 2 saturated heterocycles. The summed E-state index contributed by atoms with van der Waals surface area (Å²) in [5.41, 5.74) is 4.77. The monoisotopic (exact) mass is 762 g/mol. The Bertz CT molecular complexity index is 1970. The number of phenolic OH excluding ortho intramolecular Hbond substituents is 1. The van der Waals surface area contributed by atoms with E-state index in [-0.39, 0.29) is 22.1 Å². The summed E-state index contributed by atoms with van der Waals surface area (Å²) in [5, 5.41) is 19.6. The molecule has 0 bridgehead atoms. The number of nitriles is 1. The van der Waals surface area contributed by atoms with Gasteiger partial charge in [-0.3, -0.25) is 9.59 Å². The van der Waals surface area contributed by atoms with Crippen LogP contribution < -0.4 is 10.4 Å². The van der Waals surface area contributed by atoms with Crippen molar-refractivity contribution in [3.8, 4) is 23.7 Å². The second-order valence-electron chi connectivity index (χ2n) is 17.2. The quantitative estimate of drug-likeness (QED) is 0.0865. The number of halogens is 2. The lowest BCUT2D eigenvalue weighted by Crippen LogP contribution is -2.59. The Hall–Kier alpha value is -4.18. The van der Waals surface area contributed by atoms with Crippen LogP contribution in [0.25, 0.3) is 0 Å². The molecule has 0 unspecified atom stereocenters. The maximum Gasteiger partial charge on any atom is 0.162 e. The molecule has 3 aliphatic rings. The standard InChI is InChI=1S/C45H53BClFN4O3/c1-44(2)42(45(3,4)43(44)46-35-12-10-32(26-49)37(47)24-35)8-6-5-7-39-33(28-53)11-14-36(50-39)13-9-30-15-19-51(20-16-30)27-31-17-21-52(22-18-31)40-23-34(29-54)41(55)25-38(40)48/h10-12,14,23-25,28-31,42-43,46,55H,5-8,15-22,27H2,1-4H3. The molecule has 3 fully saturated rings. The van der Waals surface area contributed by atoms with Gasteiger partial charge in [0, 0.05) is 37.2 Å².